The minimum absolute atomic E-state index is 0.303. The number of nitrogens with zero attached hydrogens (tertiary/aromatic N) is 3. The zero-order valence-corrected chi connectivity index (χ0v) is 11.0. The molecule has 0 spiro atoms. The first-order chi connectivity index (χ1) is 8.74. The van der Waals surface area contributed by atoms with Gasteiger partial charge in [-0.15, -0.1) is 0 Å². The van der Waals surface area contributed by atoms with Gasteiger partial charge in [0.15, 0.2) is 0 Å². The number of rotatable bonds is 2. The van der Waals surface area contributed by atoms with E-state index in [1.807, 2.05) is 29.9 Å². The Balaban J connectivity index is 1.84. The van der Waals surface area contributed by atoms with Crippen LogP contribution in [0.5, 0.6) is 0 Å². The third-order valence-corrected chi connectivity index (χ3v) is 3.60. The Hall–Kier alpha value is -1.55. The summed E-state index contributed by atoms with van der Waals surface area (Å²) in [6.45, 7) is 4.21. The van der Waals surface area contributed by atoms with Crippen LogP contribution in [0.25, 0.3) is 11.0 Å². The molecular weight excluding hydrogens is 226 g/mol. The first kappa shape index (κ1) is 11.5. The molecule has 18 heavy (non-hydrogen) atoms. The molecule has 1 saturated heterocycles. The quantitative estimate of drug-likeness (QED) is 0.809. The van der Waals surface area contributed by atoms with E-state index >= 15 is 0 Å². The van der Waals surface area contributed by atoms with Crippen LogP contribution in [-0.4, -0.2) is 40.9 Å². The number of aromatic nitrogens is 2. The van der Waals surface area contributed by atoms with Crippen molar-refractivity contribution in [1.29, 1.82) is 0 Å². The highest BCUT2D eigenvalue weighted by Gasteiger charge is 2.20. The molecule has 0 aliphatic carbocycles. The van der Waals surface area contributed by atoms with Crippen molar-refractivity contribution in [3.8, 4) is 0 Å². The molecule has 0 saturated carbocycles. The molecule has 96 valence electrons. The van der Waals surface area contributed by atoms with Crippen molar-refractivity contribution in [1.82, 2.24) is 14.6 Å². The third kappa shape index (κ3) is 2.08. The SMILES string of the molecule is Cc1nc2ccccc2n1OC1CCN(C)CC1. The summed E-state index contributed by atoms with van der Waals surface area (Å²) in [7, 11) is 2.16. The lowest BCUT2D eigenvalue weighted by molar-refractivity contribution is 0.00391. The number of imidazole rings is 1. The molecule has 2 aromatic rings. The van der Waals surface area contributed by atoms with Crippen molar-refractivity contribution in [2.45, 2.75) is 25.9 Å². The number of para-hydroxylation sites is 2. The fourth-order valence-electron chi connectivity index (χ4n) is 2.50. The van der Waals surface area contributed by atoms with Crippen molar-refractivity contribution < 1.29 is 4.84 Å². The van der Waals surface area contributed by atoms with Crippen LogP contribution in [0.4, 0.5) is 0 Å². The van der Waals surface area contributed by atoms with Gasteiger partial charge in [-0.25, -0.2) is 4.98 Å². The lowest BCUT2D eigenvalue weighted by Gasteiger charge is -2.29. The first-order valence-corrected chi connectivity index (χ1v) is 6.54. The molecule has 3 rings (SSSR count). The maximum Gasteiger partial charge on any atom is 0.143 e. The van der Waals surface area contributed by atoms with E-state index in [1.54, 1.807) is 0 Å². The standard InChI is InChI=1S/C14H19N3O/c1-11-15-13-5-3-4-6-14(13)17(11)18-12-7-9-16(2)10-8-12/h3-6,12H,7-10H2,1-2H3. The largest absolute Gasteiger partial charge is 0.409 e. The molecule has 2 heterocycles. The van der Waals surface area contributed by atoms with E-state index in [4.69, 9.17) is 4.84 Å². The molecular formula is C14H19N3O. The lowest BCUT2D eigenvalue weighted by atomic mass is 10.1. The number of hydrogen-bond acceptors (Lipinski definition) is 3. The van der Waals surface area contributed by atoms with Crippen LogP contribution < -0.4 is 4.84 Å². The maximum absolute atomic E-state index is 6.12. The van der Waals surface area contributed by atoms with E-state index in [0.29, 0.717) is 6.10 Å². The second kappa shape index (κ2) is 4.61. The van der Waals surface area contributed by atoms with Crippen LogP contribution >= 0.6 is 0 Å². The average Bonchev–Trinajstić information content (AvgIpc) is 2.69. The highest BCUT2D eigenvalue weighted by Crippen LogP contribution is 2.17. The van der Waals surface area contributed by atoms with Gasteiger partial charge in [0.25, 0.3) is 0 Å². The molecule has 1 aromatic heterocycles. The van der Waals surface area contributed by atoms with Crippen molar-refractivity contribution in [3.63, 3.8) is 0 Å². The predicted octanol–water partition coefficient (Wildman–Crippen LogP) is 1.87. The van der Waals surface area contributed by atoms with E-state index in [2.05, 4.69) is 23.0 Å². The Bertz CT molecular complexity index is 541. The van der Waals surface area contributed by atoms with Gasteiger partial charge in [-0.05, 0) is 38.9 Å². The molecule has 0 radical (unpaired) electrons. The first-order valence-electron chi connectivity index (χ1n) is 6.54. The number of likely N-dealkylation sites (tertiary alicyclic amines) is 1. The normalized spacial score (nSPS) is 18.3. The number of benzene rings is 1. The Morgan fingerprint density at radius 2 is 1.94 bits per heavy atom. The van der Waals surface area contributed by atoms with Gasteiger partial charge in [0, 0.05) is 13.1 Å². The number of fused-ring (bicyclic) bond motifs is 1. The van der Waals surface area contributed by atoms with E-state index in [0.717, 1.165) is 42.8 Å². The van der Waals surface area contributed by atoms with E-state index < -0.39 is 0 Å². The Morgan fingerprint density at radius 3 is 2.72 bits per heavy atom. The number of hydrogen-bond donors (Lipinski definition) is 0. The summed E-state index contributed by atoms with van der Waals surface area (Å²) < 4.78 is 1.89. The second-order valence-corrected chi connectivity index (χ2v) is 5.05. The highest BCUT2D eigenvalue weighted by atomic mass is 16.7. The minimum Gasteiger partial charge on any atom is -0.409 e. The predicted molar refractivity (Wildman–Crippen MR) is 71.6 cm³/mol. The zero-order valence-electron chi connectivity index (χ0n) is 11.0. The van der Waals surface area contributed by atoms with Crippen LogP contribution in [0, 0.1) is 6.92 Å². The molecule has 1 aromatic carbocycles. The van der Waals surface area contributed by atoms with Gasteiger partial charge in [0.05, 0.1) is 5.52 Å². The van der Waals surface area contributed by atoms with Gasteiger partial charge in [-0.3, -0.25) is 0 Å². The zero-order chi connectivity index (χ0) is 12.5. The van der Waals surface area contributed by atoms with Gasteiger partial charge in [0.2, 0.25) is 0 Å². The molecule has 0 atom stereocenters. The summed E-state index contributed by atoms with van der Waals surface area (Å²) in [6.07, 6.45) is 2.47. The van der Waals surface area contributed by atoms with Crippen LogP contribution in [0.15, 0.2) is 24.3 Å². The summed E-state index contributed by atoms with van der Waals surface area (Å²) in [5, 5.41) is 0. The van der Waals surface area contributed by atoms with Crippen LogP contribution in [0.1, 0.15) is 18.7 Å². The summed E-state index contributed by atoms with van der Waals surface area (Å²) in [6, 6.07) is 8.12. The van der Waals surface area contributed by atoms with Gasteiger partial charge in [-0.2, -0.15) is 4.73 Å². The Morgan fingerprint density at radius 1 is 1.22 bits per heavy atom. The van der Waals surface area contributed by atoms with Crippen molar-refractivity contribution in [3.05, 3.63) is 30.1 Å². The molecule has 1 aliphatic heterocycles. The topological polar surface area (TPSA) is 30.3 Å². The molecule has 0 N–H and O–H groups in total. The maximum atomic E-state index is 6.12. The van der Waals surface area contributed by atoms with Crippen molar-refractivity contribution >= 4 is 11.0 Å². The fraction of sp³-hybridized carbons (Fsp3) is 0.500. The average molecular weight is 245 g/mol. The fourth-order valence-corrected chi connectivity index (χ4v) is 2.50. The van der Waals surface area contributed by atoms with E-state index in [9.17, 15) is 0 Å². The molecule has 4 nitrogen and oxygen atoms in total. The second-order valence-electron chi connectivity index (χ2n) is 5.05. The Kier molecular flexibility index (Phi) is 2.96. The van der Waals surface area contributed by atoms with Gasteiger partial charge < -0.3 is 9.74 Å². The van der Waals surface area contributed by atoms with Crippen molar-refractivity contribution in [2.75, 3.05) is 20.1 Å². The van der Waals surface area contributed by atoms with Crippen LogP contribution in [0.2, 0.25) is 0 Å². The summed E-state index contributed by atoms with van der Waals surface area (Å²) in [5.41, 5.74) is 2.07. The van der Waals surface area contributed by atoms with Crippen LogP contribution in [0.3, 0.4) is 0 Å². The smallest absolute Gasteiger partial charge is 0.143 e. The number of aryl methyl sites for hydroxylation is 1. The summed E-state index contributed by atoms with van der Waals surface area (Å²) in [5.74, 6) is 0.926. The molecule has 1 fully saturated rings. The minimum atomic E-state index is 0.303. The monoisotopic (exact) mass is 245 g/mol. The van der Waals surface area contributed by atoms with Crippen molar-refractivity contribution in [2.24, 2.45) is 0 Å². The molecule has 1 aliphatic rings. The van der Waals surface area contributed by atoms with Gasteiger partial charge in [0.1, 0.15) is 17.4 Å². The molecule has 4 heteroatoms. The number of piperidine rings is 1. The summed E-state index contributed by atoms with van der Waals surface area (Å²) in [4.78, 5) is 13.0. The van der Waals surface area contributed by atoms with Gasteiger partial charge in [-0.1, -0.05) is 12.1 Å². The highest BCUT2D eigenvalue weighted by molar-refractivity contribution is 5.75. The Labute approximate surface area is 107 Å². The molecule has 0 unspecified atom stereocenters. The lowest BCUT2D eigenvalue weighted by Crippen LogP contribution is -2.38. The third-order valence-electron chi connectivity index (χ3n) is 3.60. The van der Waals surface area contributed by atoms with Crippen LogP contribution in [-0.2, 0) is 0 Å². The van der Waals surface area contributed by atoms with Gasteiger partial charge >= 0.3 is 0 Å². The molecule has 0 amide bonds. The molecule has 0 bridgehead atoms. The summed E-state index contributed by atoms with van der Waals surface area (Å²) >= 11 is 0. The van der Waals surface area contributed by atoms with E-state index in [1.165, 1.54) is 0 Å². The van der Waals surface area contributed by atoms with E-state index in [-0.39, 0.29) is 0 Å².